The van der Waals surface area contributed by atoms with Gasteiger partial charge in [-0.3, -0.25) is 0 Å². The SMILES string of the molecule is Cc1cccc(OCCNc2ccc(C#N)cc2N)c1. The molecular weight excluding hydrogens is 250 g/mol. The third kappa shape index (κ3) is 3.66. The van der Waals surface area contributed by atoms with Gasteiger partial charge in [0.2, 0.25) is 0 Å². The number of nitrogens with one attached hydrogen (secondary N) is 1. The van der Waals surface area contributed by atoms with Crippen LogP contribution in [0, 0.1) is 18.3 Å². The maximum absolute atomic E-state index is 8.77. The Morgan fingerprint density at radius 3 is 2.80 bits per heavy atom. The first-order chi connectivity index (χ1) is 9.69. The molecule has 2 aromatic rings. The van der Waals surface area contributed by atoms with Gasteiger partial charge in [-0.05, 0) is 42.8 Å². The summed E-state index contributed by atoms with van der Waals surface area (Å²) >= 11 is 0. The van der Waals surface area contributed by atoms with Crippen LogP contribution in [0.4, 0.5) is 11.4 Å². The molecule has 102 valence electrons. The van der Waals surface area contributed by atoms with E-state index < -0.39 is 0 Å². The van der Waals surface area contributed by atoms with Gasteiger partial charge in [0.05, 0.1) is 23.0 Å². The topological polar surface area (TPSA) is 71.1 Å². The first-order valence-corrected chi connectivity index (χ1v) is 6.42. The molecule has 2 rings (SSSR count). The lowest BCUT2D eigenvalue weighted by Crippen LogP contribution is -2.12. The van der Waals surface area contributed by atoms with Crippen LogP contribution in [0.2, 0.25) is 0 Å². The van der Waals surface area contributed by atoms with Crippen molar-refractivity contribution in [1.82, 2.24) is 0 Å². The van der Waals surface area contributed by atoms with Crippen LogP contribution in [0.1, 0.15) is 11.1 Å². The van der Waals surface area contributed by atoms with Crippen molar-refractivity contribution in [1.29, 1.82) is 5.26 Å². The number of nitriles is 1. The lowest BCUT2D eigenvalue weighted by atomic mass is 10.2. The Kier molecular flexibility index (Phi) is 4.46. The third-order valence-electron chi connectivity index (χ3n) is 2.86. The van der Waals surface area contributed by atoms with Crippen LogP contribution in [0.15, 0.2) is 42.5 Å². The van der Waals surface area contributed by atoms with Crippen molar-refractivity contribution in [2.24, 2.45) is 0 Å². The van der Waals surface area contributed by atoms with Gasteiger partial charge in [-0.1, -0.05) is 12.1 Å². The predicted octanol–water partition coefficient (Wildman–Crippen LogP) is 2.94. The number of anilines is 2. The van der Waals surface area contributed by atoms with E-state index in [1.807, 2.05) is 31.2 Å². The van der Waals surface area contributed by atoms with Gasteiger partial charge < -0.3 is 15.8 Å². The molecule has 0 heterocycles. The zero-order chi connectivity index (χ0) is 14.4. The van der Waals surface area contributed by atoms with Gasteiger partial charge >= 0.3 is 0 Å². The van der Waals surface area contributed by atoms with Gasteiger partial charge in [-0.2, -0.15) is 5.26 Å². The van der Waals surface area contributed by atoms with Crippen LogP contribution in [0.3, 0.4) is 0 Å². The second-order valence-corrected chi connectivity index (χ2v) is 4.51. The van der Waals surface area contributed by atoms with Crippen molar-refractivity contribution in [2.75, 3.05) is 24.2 Å². The number of nitrogens with two attached hydrogens (primary N) is 1. The molecule has 0 aromatic heterocycles. The Bertz CT molecular complexity index is 632. The molecule has 0 saturated heterocycles. The maximum Gasteiger partial charge on any atom is 0.119 e. The van der Waals surface area contributed by atoms with E-state index in [0.29, 0.717) is 24.4 Å². The van der Waals surface area contributed by atoms with Crippen LogP contribution >= 0.6 is 0 Å². The van der Waals surface area contributed by atoms with Crippen LogP contribution in [-0.2, 0) is 0 Å². The van der Waals surface area contributed by atoms with Crippen LogP contribution < -0.4 is 15.8 Å². The number of rotatable bonds is 5. The fraction of sp³-hybridized carbons (Fsp3) is 0.188. The van der Waals surface area contributed by atoms with E-state index in [9.17, 15) is 0 Å². The second-order valence-electron chi connectivity index (χ2n) is 4.51. The molecule has 0 fully saturated rings. The first kappa shape index (κ1) is 13.8. The molecule has 20 heavy (non-hydrogen) atoms. The van der Waals surface area contributed by atoms with Crippen molar-refractivity contribution >= 4 is 11.4 Å². The Hall–Kier alpha value is -2.67. The second kappa shape index (κ2) is 6.48. The van der Waals surface area contributed by atoms with Crippen LogP contribution in [-0.4, -0.2) is 13.2 Å². The zero-order valence-corrected chi connectivity index (χ0v) is 11.4. The molecule has 0 atom stereocenters. The van der Waals surface area contributed by atoms with E-state index in [0.717, 1.165) is 11.4 Å². The number of nitrogen functional groups attached to an aromatic ring is 1. The summed E-state index contributed by atoms with van der Waals surface area (Å²) in [5.41, 5.74) is 8.97. The molecule has 0 aliphatic rings. The summed E-state index contributed by atoms with van der Waals surface area (Å²) in [6.45, 7) is 3.22. The fourth-order valence-corrected chi connectivity index (χ4v) is 1.85. The molecule has 0 amide bonds. The minimum Gasteiger partial charge on any atom is -0.492 e. The Labute approximate surface area is 118 Å². The van der Waals surface area contributed by atoms with Gasteiger partial charge in [0.25, 0.3) is 0 Å². The summed E-state index contributed by atoms with van der Waals surface area (Å²) in [6.07, 6.45) is 0. The lowest BCUT2D eigenvalue weighted by Gasteiger charge is -2.11. The van der Waals surface area contributed by atoms with Gasteiger partial charge in [0.15, 0.2) is 0 Å². The van der Waals surface area contributed by atoms with E-state index in [1.165, 1.54) is 5.56 Å². The van der Waals surface area contributed by atoms with E-state index in [2.05, 4.69) is 11.4 Å². The minimum absolute atomic E-state index is 0.545. The summed E-state index contributed by atoms with van der Waals surface area (Å²) in [7, 11) is 0. The summed E-state index contributed by atoms with van der Waals surface area (Å²) in [5, 5.41) is 12.0. The number of benzene rings is 2. The quantitative estimate of drug-likeness (QED) is 0.645. The van der Waals surface area contributed by atoms with Crippen molar-refractivity contribution < 1.29 is 4.74 Å². The summed E-state index contributed by atoms with van der Waals surface area (Å²) in [6, 6.07) is 15.2. The Balaban J connectivity index is 1.83. The largest absolute Gasteiger partial charge is 0.492 e. The number of aryl methyl sites for hydroxylation is 1. The van der Waals surface area contributed by atoms with Gasteiger partial charge in [-0.25, -0.2) is 0 Å². The fourth-order valence-electron chi connectivity index (χ4n) is 1.85. The average molecular weight is 267 g/mol. The molecule has 0 aliphatic heterocycles. The number of hydrogen-bond donors (Lipinski definition) is 2. The molecule has 0 bridgehead atoms. The third-order valence-corrected chi connectivity index (χ3v) is 2.86. The van der Waals surface area contributed by atoms with E-state index in [4.69, 9.17) is 15.7 Å². The van der Waals surface area contributed by atoms with Crippen molar-refractivity contribution in [3.8, 4) is 11.8 Å². The summed E-state index contributed by atoms with van der Waals surface area (Å²) in [5.74, 6) is 0.861. The molecule has 2 aromatic carbocycles. The molecule has 4 nitrogen and oxygen atoms in total. The molecule has 4 heteroatoms. The first-order valence-electron chi connectivity index (χ1n) is 6.42. The average Bonchev–Trinajstić information content (AvgIpc) is 2.45. The molecule has 0 spiro atoms. The van der Waals surface area contributed by atoms with Crippen molar-refractivity contribution in [2.45, 2.75) is 6.92 Å². The van der Waals surface area contributed by atoms with E-state index in [-0.39, 0.29) is 0 Å². The molecular formula is C16H17N3O. The molecule has 0 unspecified atom stereocenters. The van der Waals surface area contributed by atoms with Gasteiger partial charge in [0.1, 0.15) is 12.4 Å². The number of nitrogens with zero attached hydrogens (tertiary/aromatic N) is 1. The zero-order valence-electron chi connectivity index (χ0n) is 11.4. The Morgan fingerprint density at radius 2 is 2.10 bits per heavy atom. The van der Waals surface area contributed by atoms with Gasteiger partial charge in [0, 0.05) is 6.54 Å². The lowest BCUT2D eigenvalue weighted by molar-refractivity contribution is 0.332. The molecule has 0 radical (unpaired) electrons. The Morgan fingerprint density at radius 1 is 1.25 bits per heavy atom. The van der Waals surface area contributed by atoms with Crippen LogP contribution in [0.25, 0.3) is 0 Å². The normalized spacial score (nSPS) is 9.80. The summed E-state index contributed by atoms with van der Waals surface area (Å²) < 4.78 is 5.64. The van der Waals surface area contributed by atoms with E-state index >= 15 is 0 Å². The standard InChI is InChI=1S/C16H17N3O/c1-12-3-2-4-14(9-12)20-8-7-19-16-6-5-13(11-17)10-15(16)18/h2-6,9-10,19H,7-8,18H2,1H3. The molecule has 0 saturated carbocycles. The highest BCUT2D eigenvalue weighted by Gasteiger charge is 2.00. The summed E-state index contributed by atoms with van der Waals surface area (Å²) in [4.78, 5) is 0. The van der Waals surface area contributed by atoms with Crippen molar-refractivity contribution in [3.63, 3.8) is 0 Å². The smallest absolute Gasteiger partial charge is 0.119 e. The maximum atomic E-state index is 8.77. The highest BCUT2D eigenvalue weighted by molar-refractivity contribution is 5.68. The number of ether oxygens (including phenoxy) is 1. The van der Waals surface area contributed by atoms with Gasteiger partial charge in [-0.15, -0.1) is 0 Å². The predicted molar refractivity (Wildman–Crippen MR) is 80.7 cm³/mol. The minimum atomic E-state index is 0.545. The highest BCUT2D eigenvalue weighted by atomic mass is 16.5. The molecule has 3 N–H and O–H groups in total. The molecule has 0 aliphatic carbocycles. The highest BCUT2D eigenvalue weighted by Crippen LogP contribution is 2.19. The van der Waals surface area contributed by atoms with Crippen molar-refractivity contribution in [3.05, 3.63) is 53.6 Å². The monoisotopic (exact) mass is 267 g/mol. The number of hydrogen-bond acceptors (Lipinski definition) is 4. The van der Waals surface area contributed by atoms with Crippen LogP contribution in [0.5, 0.6) is 5.75 Å². The van der Waals surface area contributed by atoms with E-state index in [1.54, 1.807) is 18.2 Å².